The van der Waals surface area contributed by atoms with E-state index in [-0.39, 0.29) is 24.2 Å². The van der Waals surface area contributed by atoms with Crippen molar-refractivity contribution in [2.45, 2.75) is 32.7 Å². The number of nitrogens with one attached hydrogen (secondary N) is 1. The Morgan fingerprint density at radius 2 is 1.95 bits per heavy atom. The van der Waals surface area contributed by atoms with E-state index < -0.39 is 6.04 Å². The number of halogens is 1. The maximum absolute atomic E-state index is 12.9. The standard InChI is InChI=1S/C16H21FN2O2/c1-11(2)9-14-16(21)19(10-15(20)18-14)8-7-12-3-5-13(17)6-4-12/h3-6,11,14H,7-10H2,1-2H3,(H,18,20). The van der Waals surface area contributed by atoms with Crippen LogP contribution in [-0.4, -0.2) is 35.8 Å². The van der Waals surface area contributed by atoms with Crippen molar-refractivity contribution in [2.24, 2.45) is 5.92 Å². The summed E-state index contributed by atoms with van der Waals surface area (Å²) in [6, 6.07) is 5.80. The summed E-state index contributed by atoms with van der Waals surface area (Å²) in [6.45, 7) is 4.63. The minimum Gasteiger partial charge on any atom is -0.343 e. The zero-order valence-corrected chi connectivity index (χ0v) is 12.4. The summed E-state index contributed by atoms with van der Waals surface area (Å²) in [7, 11) is 0. The normalized spacial score (nSPS) is 19.0. The van der Waals surface area contributed by atoms with Crippen molar-refractivity contribution in [1.29, 1.82) is 0 Å². The van der Waals surface area contributed by atoms with Gasteiger partial charge in [0.15, 0.2) is 0 Å². The molecule has 1 aromatic carbocycles. The molecule has 4 nitrogen and oxygen atoms in total. The third-order valence-electron chi connectivity index (χ3n) is 3.57. The maximum atomic E-state index is 12.9. The predicted octanol–water partition coefficient (Wildman–Crippen LogP) is 1.74. The van der Waals surface area contributed by atoms with Gasteiger partial charge in [0.25, 0.3) is 0 Å². The van der Waals surface area contributed by atoms with E-state index >= 15 is 0 Å². The highest BCUT2D eigenvalue weighted by atomic mass is 19.1. The van der Waals surface area contributed by atoms with Gasteiger partial charge in [-0.25, -0.2) is 4.39 Å². The quantitative estimate of drug-likeness (QED) is 0.898. The van der Waals surface area contributed by atoms with Gasteiger partial charge in [0.05, 0.1) is 6.54 Å². The van der Waals surface area contributed by atoms with Crippen molar-refractivity contribution >= 4 is 11.8 Å². The highest BCUT2D eigenvalue weighted by Crippen LogP contribution is 2.13. The lowest BCUT2D eigenvalue weighted by molar-refractivity contribution is -0.144. The fourth-order valence-electron chi connectivity index (χ4n) is 2.51. The summed E-state index contributed by atoms with van der Waals surface area (Å²) < 4.78 is 12.9. The van der Waals surface area contributed by atoms with Gasteiger partial charge in [-0.2, -0.15) is 0 Å². The van der Waals surface area contributed by atoms with E-state index in [0.29, 0.717) is 25.3 Å². The molecular formula is C16H21FN2O2. The van der Waals surface area contributed by atoms with Crippen LogP contribution in [0.1, 0.15) is 25.8 Å². The van der Waals surface area contributed by atoms with Crippen molar-refractivity contribution in [1.82, 2.24) is 10.2 Å². The first-order valence-electron chi connectivity index (χ1n) is 7.28. The SMILES string of the molecule is CC(C)CC1NC(=O)CN(CCc2ccc(F)cc2)C1=O. The minimum absolute atomic E-state index is 0.0228. The lowest BCUT2D eigenvalue weighted by atomic mass is 10.0. The number of hydrogen-bond acceptors (Lipinski definition) is 2. The van der Waals surface area contributed by atoms with Crippen molar-refractivity contribution in [3.8, 4) is 0 Å². The third kappa shape index (κ3) is 4.28. The van der Waals surface area contributed by atoms with E-state index in [1.54, 1.807) is 17.0 Å². The summed E-state index contributed by atoms with van der Waals surface area (Å²) in [5.74, 6) is -0.0646. The Hall–Kier alpha value is -1.91. The Morgan fingerprint density at radius 3 is 2.57 bits per heavy atom. The fraction of sp³-hybridized carbons (Fsp3) is 0.500. The summed E-state index contributed by atoms with van der Waals surface area (Å²) in [6.07, 6.45) is 1.27. The minimum atomic E-state index is -0.417. The van der Waals surface area contributed by atoms with Gasteiger partial charge in [0.1, 0.15) is 11.9 Å². The summed E-state index contributed by atoms with van der Waals surface area (Å²) in [5.41, 5.74) is 0.954. The van der Waals surface area contributed by atoms with Crippen LogP contribution in [0.2, 0.25) is 0 Å². The molecule has 1 unspecified atom stereocenters. The van der Waals surface area contributed by atoms with Crippen LogP contribution in [0.4, 0.5) is 4.39 Å². The number of nitrogens with zero attached hydrogens (tertiary/aromatic N) is 1. The lowest BCUT2D eigenvalue weighted by Crippen LogP contribution is -2.58. The number of hydrogen-bond donors (Lipinski definition) is 1. The molecule has 1 saturated heterocycles. The number of benzene rings is 1. The van der Waals surface area contributed by atoms with Gasteiger partial charge >= 0.3 is 0 Å². The van der Waals surface area contributed by atoms with Crippen LogP contribution >= 0.6 is 0 Å². The molecule has 1 heterocycles. The van der Waals surface area contributed by atoms with E-state index in [1.165, 1.54) is 12.1 Å². The van der Waals surface area contributed by atoms with E-state index in [0.717, 1.165) is 5.56 Å². The van der Waals surface area contributed by atoms with Gasteiger partial charge < -0.3 is 10.2 Å². The molecule has 2 amide bonds. The smallest absolute Gasteiger partial charge is 0.245 e. The number of piperazine rings is 1. The highest BCUT2D eigenvalue weighted by molar-refractivity contribution is 5.94. The molecule has 1 aliphatic heterocycles. The molecule has 0 spiro atoms. The molecule has 5 heteroatoms. The molecule has 1 fully saturated rings. The lowest BCUT2D eigenvalue weighted by Gasteiger charge is -2.33. The molecule has 0 saturated carbocycles. The fourth-order valence-corrected chi connectivity index (χ4v) is 2.51. The summed E-state index contributed by atoms with van der Waals surface area (Å²) in [4.78, 5) is 25.6. The second-order valence-electron chi connectivity index (χ2n) is 5.89. The maximum Gasteiger partial charge on any atom is 0.245 e. The van der Waals surface area contributed by atoms with Crippen LogP contribution in [0.25, 0.3) is 0 Å². The molecule has 0 aliphatic carbocycles. The monoisotopic (exact) mass is 292 g/mol. The molecule has 2 rings (SSSR count). The van der Waals surface area contributed by atoms with Gasteiger partial charge in [0, 0.05) is 6.54 Å². The second kappa shape index (κ2) is 6.70. The van der Waals surface area contributed by atoms with E-state index in [2.05, 4.69) is 5.32 Å². The van der Waals surface area contributed by atoms with Crippen LogP contribution in [0, 0.1) is 11.7 Å². The van der Waals surface area contributed by atoms with E-state index in [1.807, 2.05) is 13.8 Å². The molecule has 0 bridgehead atoms. The Labute approximate surface area is 124 Å². The van der Waals surface area contributed by atoms with Crippen LogP contribution in [0.15, 0.2) is 24.3 Å². The van der Waals surface area contributed by atoms with E-state index in [9.17, 15) is 14.0 Å². The first-order valence-corrected chi connectivity index (χ1v) is 7.28. The number of amides is 2. The summed E-state index contributed by atoms with van der Waals surface area (Å²) in [5, 5.41) is 2.75. The largest absolute Gasteiger partial charge is 0.343 e. The zero-order chi connectivity index (χ0) is 15.4. The Balaban J connectivity index is 1.96. The molecule has 0 aromatic heterocycles. The average molecular weight is 292 g/mol. The number of rotatable bonds is 5. The van der Waals surface area contributed by atoms with Crippen molar-refractivity contribution in [2.75, 3.05) is 13.1 Å². The Bertz CT molecular complexity index is 514. The van der Waals surface area contributed by atoms with Crippen LogP contribution in [0.3, 0.4) is 0 Å². The predicted molar refractivity (Wildman–Crippen MR) is 78.1 cm³/mol. The van der Waals surface area contributed by atoms with Gasteiger partial charge in [-0.05, 0) is 36.5 Å². The molecule has 0 radical (unpaired) electrons. The highest BCUT2D eigenvalue weighted by Gasteiger charge is 2.32. The second-order valence-corrected chi connectivity index (χ2v) is 5.89. The molecule has 1 aromatic rings. The van der Waals surface area contributed by atoms with Gasteiger partial charge in [-0.3, -0.25) is 9.59 Å². The first kappa shape index (κ1) is 15.5. The summed E-state index contributed by atoms with van der Waals surface area (Å²) >= 11 is 0. The first-order chi connectivity index (χ1) is 9.95. The van der Waals surface area contributed by atoms with Gasteiger partial charge in [-0.1, -0.05) is 26.0 Å². The van der Waals surface area contributed by atoms with Crippen molar-refractivity contribution in [3.05, 3.63) is 35.6 Å². The van der Waals surface area contributed by atoms with Crippen LogP contribution in [-0.2, 0) is 16.0 Å². The molecular weight excluding hydrogens is 271 g/mol. The molecule has 1 N–H and O–H groups in total. The molecule has 21 heavy (non-hydrogen) atoms. The van der Waals surface area contributed by atoms with Crippen LogP contribution < -0.4 is 5.32 Å². The number of carbonyl (C=O) groups excluding carboxylic acids is 2. The number of carbonyl (C=O) groups is 2. The topological polar surface area (TPSA) is 49.4 Å². The molecule has 1 atom stereocenters. The average Bonchev–Trinajstić information content (AvgIpc) is 2.42. The Kier molecular flexibility index (Phi) is 4.94. The zero-order valence-electron chi connectivity index (χ0n) is 12.4. The Morgan fingerprint density at radius 1 is 1.29 bits per heavy atom. The molecule has 1 aliphatic rings. The van der Waals surface area contributed by atoms with Gasteiger partial charge in [0.2, 0.25) is 11.8 Å². The van der Waals surface area contributed by atoms with E-state index in [4.69, 9.17) is 0 Å². The third-order valence-corrected chi connectivity index (χ3v) is 3.57. The van der Waals surface area contributed by atoms with Crippen LogP contribution in [0.5, 0.6) is 0 Å². The van der Waals surface area contributed by atoms with Crippen molar-refractivity contribution in [3.63, 3.8) is 0 Å². The van der Waals surface area contributed by atoms with Gasteiger partial charge in [-0.15, -0.1) is 0 Å². The van der Waals surface area contributed by atoms with Crippen molar-refractivity contribution < 1.29 is 14.0 Å². The molecule has 114 valence electrons.